The lowest BCUT2D eigenvalue weighted by Crippen LogP contribution is -2.67. The van der Waals surface area contributed by atoms with Crippen LogP contribution >= 0.6 is 0 Å². The molecule has 0 bridgehead atoms. The lowest BCUT2D eigenvalue weighted by atomic mass is 9.60. The van der Waals surface area contributed by atoms with Gasteiger partial charge in [-0.3, -0.25) is 0 Å². The molecule has 0 radical (unpaired) electrons. The molecule has 0 N–H and O–H groups in total. The lowest BCUT2D eigenvalue weighted by molar-refractivity contribution is -0.765. The first-order valence-electron chi connectivity index (χ1n) is 18.8. The number of pyridine rings is 1. The average Bonchev–Trinajstić information content (AvgIpc) is 3.22. The molecule has 1 aliphatic heterocycles. The van der Waals surface area contributed by atoms with Gasteiger partial charge in [-0.15, -0.1) is 0 Å². The Hall–Kier alpha value is -5.79. The summed E-state index contributed by atoms with van der Waals surface area (Å²) in [7, 11) is 0. The Labute approximate surface area is 307 Å². The zero-order chi connectivity index (χ0) is 35.5. The third-order valence-corrected chi connectivity index (χ3v) is 12.5. The number of benzene rings is 7. The summed E-state index contributed by atoms with van der Waals surface area (Å²) >= 11 is 0. The van der Waals surface area contributed by atoms with Crippen molar-refractivity contribution in [1.82, 2.24) is 0 Å². The summed E-state index contributed by atoms with van der Waals surface area (Å²) in [4.78, 5) is 0. The van der Waals surface area contributed by atoms with Crippen LogP contribution in [0.25, 0.3) is 77.3 Å². The van der Waals surface area contributed by atoms with E-state index in [1.165, 1.54) is 82.9 Å². The molecule has 2 heterocycles. The van der Waals surface area contributed by atoms with Gasteiger partial charge in [0.1, 0.15) is 0 Å². The normalized spacial score (nSPS) is 17.9. The van der Waals surface area contributed by atoms with Crippen molar-refractivity contribution in [1.29, 1.82) is 0 Å². The molecule has 1 aromatic heterocycles. The van der Waals surface area contributed by atoms with Crippen LogP contribution in [0, 0.1) is 0 Å². The second-order valence-corrected chi connectivity index (χ2v) is 15.0. The fourth-order valence-electron chi connectivity index (χ4n) is 9.14. The van der Waals surface area contributed by atoms with Crippen LogP contribution in [-0.4, -0.2) is 0 Å². The predicted molar refractivity (Wildman–Crippen MR) is 220 cm³/mol. The van der Waals surface area contributed by atoms with Gasteiger partial charge in [0.25, 0.3) is 0 Å². The largest absolute Gasteiger partial charge is 0.213 e. The molecule has 0 saturated carbocycles. The van der Waals surface area contributed by atoms with Crippen molar-refractivity contribution in [2.45, 2.75) is 51.5 Å². The van der Waals surface area contributed by atoms with Gasteiger partial charge >= 0.3 is 0 Å². The Bertz CT molecular complexity index is 2540. The van der Waals surface area contributed by atoms with Crippen LogP contribution < -0.4 is 4.57 Å². The van der Waals surface area contributed by atoms with Gasteiger partial charge in [0.15, 0.2) is 11.7 Å². The van der Waals surface area contributed by atoms with E-state index in [1.54, 1.807) is 0 Å². The van der Waals surface area contributed by atoms with Crippen LogP contribution in [-0.2, 0) is 11.0 Å². The second kappa shape index (κ2) is 12.5. The number of nitrogens with zero attached hydrogens (tertiary/aromatic N) is 1. The highest BCUT2D eigenvalue weighted by atomic mass is 15.1. The van der Waals surface area contributed by atoms with E-state index < -0.39 is 0 Å². The quantitative estimate of drug-likeness (QED) is 0.155. The number of fused-ring (bicyclic) bond motifs is 5. The Morgan fingerprint density at radius 1 is 0.423 bits per heavy atom. The minimum Gasteiger partial charge on any atom is -0.192 e. The predicted octanol–water partition coefficient (Wildman–Crippen LogP) is 13.4. The standard InChI is InChI=1S/C51H44N/c1-5-50(3)48-28-27-39(34-47(48)49-26-11-12-29-52(49)51(50,4)6-2)37-20-13-21-38(30-37)40-31-41(45-24-14-18-35-16-7-9-22-43(35)45)33-42(32-40)46-25-15-19-36-17-8-10-23-44(36)46/h7-34H,5-6H2,1-4H3/q+1. The summed E-state index contributed by atoms with van der Waals surface area (Å²) in [5.41, 5.74) is 13.9. The van der Waals surface area contributed by atoms with Gasteiger partial charge in [0, 0.05) is 25.5 Å². The molecule has 0 aliphatic carbocycles. The first-order chi connectivity index (χ1) is 25.4. The molecular weight excluding hydrogens is 627 g/mol. The Balaban J connectivity index is 1.22. The van der Waals surface area contributed by atoms with Crippen LogP contribution in [0.5, 0.6) is 0 Å². The van der Waals surface area contributed by atoms with Crippen molar-refractivity contribution < 1.29 is 4.57 Å². The minimum absolute atomic E-state index is 0.0103. The van der Waals surface area contributed by atoms with E-state index in [0.29, 0.717) is 0 Å². The summed E-state index contributed by atoms with van der Waals surface area (Å²) in [6.07, 6.45) is 4.44. The molecule has 8 aromatic rings. The Morgan fingerprint density at radius 3 is 1.58 bits per heavy atom. The zero-order valence-corrected chi connectivity index (χ0v) is 30.5. The van der Waals surface area contributed by atoms with Gasteiger partial charge in [-0.1, -0.05) is 129 Å². The van der Waals surface area contributed by atoms with Gasteiger partial charge < -0.3 is 0 Å². The van der Waals surface area contributed by atoms with Crippen LogP contribution in [0.15, 0.2) is 170 Å². The van der Waals surface area contributed by atoms with Gasteiger partial charge in [0.2, 0.25) is 5.69 Å². The molecular formula is C51H44N+. The molecule has 1 aliphatic rings. The van der Waals surface area contributed by atoms with Crippen molar-refractivity contribution >= 4 is 21.5 Å². The summed E-state index contributed by atoms with van der Waals surface area (Å²) in [5.74, 6) is 0. The van der Waals surface area contributed by atoms with Crippen molar-refractivity contribution in [2.75, 3.05) is 0 Å². The molecule has 2 unspecified atom stereocenters. The molecule has 0 saturated heterocycles. The maximum absolute atomic E-state index is 2.55. The third kappa shape index (κ3) is 4.94. The fourth-order valence-corrected chi connectivity index (χ4v) is 9.14. The van der Waals surface area contributed by atoms with Gasteiger partial charge in [-0.2, -0.15) is 4.57 Å². The molecule has 52 heavy (non-hydrogen) atoms. The number of aromatic nitrogens is 1. The van der Waals surface area contributed by atoms with E-state index in [4.69, 9.17) is 0 Å². The summed E-state index contributed by atoms with van der Waals surface area (Å²) in [6, 6.07) is 60.9. The zero-order valence-electron chi connectivity index (χ0n) is 30.5. The molecule has 0 spiro atoms. The van der Waals surface area contributed by atoms with E-state index in [9.17, 15) is 0 Å². The van der Waals surface area contributed by atoms with Crippen molar-refractivity contribution in [3.63, 3.8) is 0 Å². The van der Waals surface area contributed by atoms with Gasteiger partial charge in [-0.25, -0.2) is 0 Å². The van der Waals surface area contributed by atoms with Crippen LogP contribution in [0.2, 0.25) is 0 Å². The van der Waals surface area contributed by atoms with E-state index in [1.807, 2.05) is 0 Å². The van der Waals surface area contributed by atoms with E-state index in [2.05, 4.69) is 202 Å². The molecule has 252 valence electrons. The Kier molecular flexibility index (Phi) is 7.70. The van der Waals surface area contributed by atoms with Crippen molar-refractivity contribution in [3.05, 3.63) is 176 Å². The first-order valence-corrected chi connectivity index (χ1v) is 18.8. The van der Waals surface area contributed by atoms with Crippen LogP contribution in [0.4, 0.5) is 0 Å². The number of hydrogen-bond acceptors (Lipinski definition) is 0. The molecule has 2 atom stereocenters. The molecule has 0 fully saturated rings. The average molecular weight is 671 g/mol. The van der Waals surface area contributed by atoms with Crippen LogP contribution in [0.3, 0.4) is 0 Å². The lowest BCUT2D eigenvalue weighted by Gasteiger charge is -2.46. The van der Waals surface area contributed by atoms with Gasteiger partial charge in [-0.05, 0) is 121 Å². The maximum atomic E-state index is 2.55. The molecule has 9 rings (SSSR count). The third-order valence-electron chi connectivity index (χ3n) is 12.5. The van der Waals surface area contributed by atoms with Crippen molar-refractivity contribution in [2.24, 2.45) is 0 Å². The van der Waals surface area contributed by atoms with Crippen molar-refractivity contribution in [3.8, 4) is 55.8 Å². The van der Waals surface area contributed by atoms with E-state index >= 15 is 0 Å². The summed E-state index contributed by atoms with van der Waals surface area (Å²) in [6.45, 7) is 9.60. The highest BCUT2D eigenvalue weighted by molar-refractivity contribution is 6.01. The van der Waals surface area contributed by atoms with E-state index in [-0.39, 0.29) is 11.0 Å². The maximum Gasteiger partial charge on any atom is 0.213 e. The molecule has 0 amide bonds. The van der Waals surface area contributed by atoms with E-state index in [0.717, 1.165) is 12.8 Å². The molecule has 7 aromatic carbocycles. The van der Waals surface area contributed by atoms with Gasteiger partial charge in [0.05, 0.1) is 11.0 Å². The molecule has 1 heteroatoms. The first kappa shape index (κ1) is 32.1. The fraction of sp³-hybridized carbons (Fsp3) is 0.157. The molecule has 1 nitrogen and oxygen atoms in total. The highest BCUT2D eigenvalue weighted by Gasteiger charge is 2.56. The number of rotatable bonds is 6. The smallest absolute Gasteiger partial charge is 0.192 e. The minimum atomic E-state index is -0.0103. The summed E-state index contributed by atoms with van der Waals surface area (Å²) < 4.78 is 2.55. The second-order valence-electron chi connectivity index (χ2n) is 15.0. The highest BCUT2D eigenvalue weighted by Crippen LogP contribution is 2.50. The van der Waals surface area contributed by atoms with Crippen LogP contribution in [0.1, 0.15) is 46.1 Å². The SMILES string of the molecule is CCC1(C)c2ccc(-c3cccc(-c4cc(-c5cccc6ccccc56)cc(-c5cccc6ccccc56)c4)c3)cc2-c2cccc[n+]2C1(C)CC. The summed E-state index contributed by atoms with van der Waals surface area (Å²) in [5, 5.41) is 5.05. The Morgan fingerprint density at radius 2 is 0.942 bits per heavy atom. The number of hydrogen-bond donors (Lipinski definition) is 0. The topological polar surface area (TPSA) is 3.88 Å². The monoisotopic (exact) mass is 670 g/mol.